The van der Waals surface area contributed by atoms with E-state index in [1.54, 1.807) is 0 Å². The van der Waals surface area contributed by atoms with Crippen LogP contribution in [0.1, 0.15) is 37.5 Å². The summed E-state index contributed by atoms with van der Waals surface area (Å²) >= 11 is 0. The van der Waals surface area contributed by atoms with E-state index in [-0.39, 0.29) is 5.66 Å². The molecule has 1 aromatic carbocycles. The minimum Gasteiger partial charge on any atom is -0.379 e. The summed E-state index contributed by atoms with van der Waals surface area (Å²) in [5.74, 6) is 1.89. The quantitative estimate of drug-likeness (QED) is 0.799. The summed E-state index contributed by atoms with van der Waals surface area (Å²) in [6.45, 7) is 7.46. The van der Waals surface area contributed by atoms with Crippen LogP contribution >= 0.6 is 0 Å². The lowest BCUT2D eigenvalue weighted by molar-refractivity contribution is -0.112. The lowest BCUT2D eigenvalue weighted by Crippen LogP contribution is -2.59. The van der Waals surface area contributed by atoms with Crippen molar-refractivity contribution in [2.24, 2.45) is 5.92 Å². The second kappa shape index (κ2) is 6.80. The van der Waals surface area contributed by atoms with Crippen molar-refractivity contribution in [3.63, 3.8) is 0 Å². The number of hydrogen-bond donors (Lipinski definition) is 0. The van der Waals surface area contributed by atoms with Crippen LogP contribution in [0, 0.1) is 5.92 Å². The number of fused-ring (bicyclic) bond motifs is 5. The molecule has 0 spiro atoms. The molecule has 3 aliphatic heterocycles. The highest BCUT2D eigenvalue weighted by Crippen LogP contribution is 2.57. The molecular formula is C22H30N4O2. The number of ether oxygens (including phenoxy) is 2. The summed E-state index contributed by atoms with van der Waals surface area (Å²) in [7, 11) is 0. The second-order valence-corrected chi connectivity index (χ2v) is 8.72. The molecule has 0 N–H and O–H groups in total. The Hall–Kier alpha value is -1.47. The van der Waals surface area contributed by atoms with Gasteiger partial charge in [-0.25, -0.2) is 4.98 Å². The van der Waals surface area contributed by atoms with Crippen LogP contribution in [-0.2, 0) is 15.1 Å². The molecule has 0 bridgehead atoms. The van der Waals surface area contributed by atoms with Crippen LogP contribution in [0.5, 0.6) is 0 Å². The summed E-state index contributed by atoms with van der Waals surface area (Å²) in [5, 5.41) is 0. The zero-order chi connectivity index (χ0) is 18.6. The highest BCUT2D eigenvalue weighted by molar-refractivity contribution is 5.77. The van der Waals surface area contributed by atoms with Crippen LogP contribution in [0.3, 0.4) is 0 Å². The van der Waals surface area contributed by atoms with E-state index in [1.807, 2.05) is 0 Å². The first-order chi connectivity index (χ1) is 13.9. The Bertz CT molecular complexity index is 855. The summed E-state index contributed by atoms with van der Waals surface area (Å²) in [6, 6.07) is 9.15. The average molecular weight is 383 g/mol. The van der Waals surface area contributed by atoms with Gasteiger partial charge in [0.25, 0.3) is 0 Å². The topological polar surface area (TPSA) is 42.8 Å². The fraction of sp³-hybridized carbons (Fsp3) is 0.682. The SMILES string of the molecule is c1ccc2c(c1)nc1n2[C@@]2(N3CCOCC3)CCCC[C@H]2[C@@H]1N1CCOCC1. The van der Waals surface area contributed by atoms with Crippen LogP contribution in [0.15, 0.2) is 24.3 Å². The van der Waals surface area contributed by atoms with Crippen molar-refractivity contribution in [3.05, 3.63) is 30.1 Å². The van der Waals surface area contributed by atoms with Crippen LogP contribution in [0.4, 0.5) is 0 Å². The summed E-state index contributed by atoms with van der Waals surface area (Å²) < 4.78 is 14.1. The summed E-state index contributed by atoms with van der Waals surface area (Å²) in [5.41, 5.74) is 2.51. The molecule has 3 atom stereocenters. The molecule has 3 fully saturated rings. The van der Waals surface area contributed by atoms with Gasteiger partial charge in [-0.05, 0) is 31.4 Å². The maximum atomic E-state index is 5.74. The molecule has 6 rings (SSSR count). The van der Waals surface area contributed by atoms with E-state index in [2.05, 4.69) is 38.6 Å². The molecule has 1 aliphatic carbocycles. The Morgan fingerprint density at radius 2 is 1.68 bits per heavy atom. The molecule has 2 saturated heterocycles. The number of imidazole rings is 1. The minimum atomic E-state index is 0.0520. The molecule has 1 saturated carbocycles. The number of benzene rings is 1. The third-order valence-corrected chi connectivity index (χ3v) is 7.52. The van der Waals surface area contributed by atoms with Gasteiger partial charge in [0.05, 0.1) is 43.5 Å². The van der Waals surface area contributed by atoms with Gasteiger partial charge in [0, 0.05) is 32.1 Å². The van der Waals surface area contributed by atoms with Gasteiger partial charge in [-0.2, -0.15) is 0 Å². The lowest BCUT2D eigenvalue weighted by Gasteiger charge is -2.52. The molecule has 4 heterocycles. The van der Waals surface area contributed by atoms with Crippen molar-refractivity contribution < 1.29 is 9.47 Å². The van der Waals surface area contributed by atoms with Crippen molar-refractivity contribution in [2.45, 2.75) is 37.4 Å². The van der Waals surface area contributed by atoms with Gasteiger partial charge >= 0.3 is 0 Å². The van der Waals surface area contributed by atoms with E-state index in [9.17, 15) is 0 Å². The van der Waals surface area contributed by atoms with E-state index in [0.717, 1.165) is 58.1 Å². The number of hydrogen-bond acceptors (Lipinski definition) is 5. The summed E-state index contributed by atoms with van der Waals surface area (Å²) in [4.78, 5) is 10.7. The van der Waals surface area contributed by atoms with Gasteiger partial charge < -0.3 is 14.0 Å². The Labute approximate surface area is 166 Å². The van der Waals surface area contributed by atoms with Gasteiger partial charge in [-0.3, -0.25) is 9.80 Å². The highest BCUT2D eigenvalue weighted by atomic mass is 16.5. The molecule has 6 heteroatoms. The van der Waals surface area contributed by atoms with Gasteiger partial charge in [0.15, 0.2) is 0 Å². The molecule has 2 aromatic rings. The van der Waals surface area contributed by atoms with E-state index in [1.165, 1.54) is 37.0 Å². The Morgan fingerprint density at radius 1 is 0.929 bits per heavy atom. The van der Waals surface area contributed by atoms with E-state index in [4.69, 9.17) is 14.5 Å². The van der Waals surface area contributed by atoms with E-state index < -0.39 is 0 Å². The largest absolute Gasteiger partial charge is 0.379 e. The minimum absolute atomic E-state index is 0.0520. The normalized spacial score (nSPS) is 34.4. The van der Waals surface area contributed by atoms with Gasteiger partial charge in [0.2, 0.25) is 0 Å². The number of aromatic nitrogens is 2. The first-order valence-corrected chi connectivity index (χ1v) is 11.0. The van der Waals surface area contributed by atoms with E-state index >= 15 is 0 Å². The standard InChI is InChI=1S/C22H30N4O2/c1-2-7-19-18(6-1)23-21-20(24-9-13-27-14-10-24)17-5-3-4-8-22(17,26(19)21)25-11-15-28-16-12-25/h1-2,6-7,17,20H,3-5,8-16H2/t17-,20-,22-/m0/s1. The predicted molar refractivity (Wildman–Crippen MR) is 107 cm³/mol. The number of morpholine rings is 2. The maximum Gasteiger partial charge on any atom is 0.129 e. The molecule has 0 unspecified atom stereocenters. The molecule has 28 heavy (non-hydrogen) atoms. The lowest BCUT2D eigenvalue weighted by atomic mass is 9.75. The zero-order valence-corrected chi connectivity index (χ0v) is 16.6. The Balaban J connectivity index is 1.56. The highest BCUT2D eigenvalue weighted by Gasteiger charge is 2.59. The second-order valence-electron chi connectivity index (χ2n) is 8.72. The van der Waals surface area contributed by atoms with Crippen LogP contribution in [0.25, 0.3) is 11.0 Å². The fourth-order valence-electron chi connectivity index (χ4n) is 6.44. The number of para-hydroxylation sites is 2. The molecule has 4 aliphatic rings. The Morgan fingerprint density at radius 3 is 2.50 bits per heavy atom. The first kappa shape index (κ1) is 17.4. The third kappa shape index (κ3) is 2.38. The van der Waals surface area contributed by atoms with Crippen molar-refractivity contribution in [3.8, 4) is 0 Å². The number of rotatable bonds is 2. The zero-order valence-electron chi connectivity index (χ0n) is 16.6. The monoisotopic (exact) mass is 382 g/mol. The van der Waals surface area contributed by atoms with E-state index in [0.29, 0.717) is 12.0 Å². The van der Waals surface area contributed by atoms with Gasteiger partial charge in [0.1, 0.15) is 11.5 Å². The smallest absolute Gasteiger partial charge is 0.129 e. The van der Waals surface area contributed by atoms with Crippen molar-refractivity contribution in [1.82, 2.24) is 19.4 Å². The van der Waals surface area contributed by atoms with Crippen molar-refractivity contribution in [1.29, 1.82) is 0 Å². The van der Waals surface area contributed by atoms with Gasteiger partial charge in [-0.1, -0.05) is 18.6 Å². The van der Waals surface area contributed by atoms with Crippen LogP contribution < -0.4 is 0 Å². The van der Waals surface area contributed by atoms with Gasteiger partial charge in [-0.15, -0.1) is 0 Å². The molecule has 0 radical (unpaired) electrons. The maximum absolute atomic E-state index is 5.74. The predicted octanol–water partition coefficient (Wildman–Crippen LogP) is 2.60. The Kier molecular flexibility index (Phi) is 4.22. The summed E-state index contributed by atoms with van der Waals surface area (Å²) in [6.07, 6.45) is 5.15. The molecule has 0 amide bonds. The molecule has 150 valence electrons. The first-order valence-electron chi connectivity index (χ1n) is 11.0. The van der Waals surface area contributed by atoms with Crippen LogP contribution in [-0.4, -0.2) is 72.0 Å². The average Bonchev–Trinajstić information content (AvgIpc) is 3.28. The van der Waals surface area contributed by atoms with Crippen LogP contribution in [0.2, 0.25) is 0 Å². The fourth-order valence-corrected chi connectivity index (χ4v) is 6.44. The molecule has 6 nitrogen and oxygen atoms in total. The molecule has 1 aromatic heterocycles. The number of nitrogens with zero attached hydrogens (tertiary/aromatic N) is 4. The van der Waals surface area contributed by atoms with Crippen molar-refractivity contribution in [2.75, 3.05) is 52.6 Å². The third-order valence-electron chi connectivity index (χ3n) is 7.52. The molecular weight excluding hydrogens is 352 g/mol. The van der Waals surface area contributed by atoms with Crippen molar-refractivity contribution >= 4 is 11.0 Å².